The van der Waals surface area contributed by atoms with Gasteiger partial charge in [0.15, 0.2) is 0 Å². The minimum atomic E-state index is -0.411. The molecule has 1 aromatic carbocycles. The molecule has 0 fully saturated rings. The molecule has 0 radical (unpaired) electrons. The van der Waals surface area contributed by atoms with Crippen molar-refractivity contribution in [1.29, 1.82) is 0 Å². The summed E-state index contributed by atoms with van der Waals surface area (Å²) in [5.41, 5.74) is 1.93. The predicted octanol–water partition coefficient (Wildman–Crippen LogP) is 2.84. The van der Waals surface area contributed by atoms with Gasteiger partial charge in [0.25, 0.3) is 5.69 Å². The van der Waals surface area contributed by atoms with Crippen LogP contribution in [0.25, 0.3) is 0 Å². The number of aromatic nitrogens is 2. The van der Waals surface area contributed by atoms with Gasteiger partial charge in [-0.1, -0.05) is 15.9 Å². The van der Waals surface area contributed by atoms with Gasteiger partial charge in [-0.05, 0) is 11.6 Å². The fraction of sp³-hybridized carbons (Fsp3) is 0.308. The number of nitro groups is 1. The molecular weight excluding hydrogens is 326 g/mol. The molecule has 2 rings (SSSR count). The molecule has 106 valence electrons. The van der Waals surface area contributed by atoms with E-state index in [-0.39, 0.29) is 5.69 Å². The highest BCUT2D eigenvalue weighted by atomic mass is 79.9. The number of halogens is 1. The highest BCUT2D eigenvalue weighted by molar-refractivity contribution is 9.08. The number of hydrogen-bond donors (Lipinski definition) is 0. The first kappa shape index (κ1) is 14.5. The maximum absolute atomic E-state index is 10.7. The molecule has 0 aliphatic heterocycles. The summed E-state index contributed by atoms with van der Waals surface area (Å²) in [6.45, 7) is 0.503. The Labute approximate surface area is 124 Å². The summed E-state index contributed by atoms with van der Waals surface area (Å²) >= 11 is 3.32. The molecule has 1 aromatic heterocycles. The van der Waals surface area contributed by atoms with Gasteiger partial charge >= 0.3 is 0 Å². The SMILES string of the molecule is Cn1cc(CCOc2ccc([N+](=O)[O-])cc2CBr)cn1. The zero-order valence-corrected chi connectivity index (χ0v) is 12.5. The van der Waals surface area contributed by atoms with Crippen LogP contribution in [-0.4, -0.2) is 21.3 Å². The van der Waals surface area contributed by atoms with Crippen LogP contribution in [0.3, 0.4) is 0 Å². The fourth-order valence-electron chi connectivity index (χ4n) is 1.80. The average molecular weight is 340 g/mol. The quantitative estimate of drug-likeness (QED) is 0.461. The number of alkyl halides is 1. The van der Waals surface area contributed by atoms with E-state index in [0.717, 1.165) is 17.5 Å². The van der Waals surface area contributed by atoms with Crippen LogP contribution in [0.2, 0.25) is 0 Å². The number of rotatable bonds is 6. The Morgan fingerprint density at radius 2 is 2.30 bits per heavy atom. The minimum absolute atomic E-state index is 0.0686. The van der Waals surface area contributed by atoms with Crippen molar-refractivity contribution >= 4 is 21.6 Å². The summed E-state index contributed by atoms with van der Waals surface area (Å²) in [7, 11) is 1.86. The van der Waals surface area contributed by atoms with E-state index in [1.54, 1.807) is 16.9 Å². The molecule has 0 atom stereocenters. The van der Waals surface area contributed by atoms with Gasteiger partial charge in [-0.2, -0.15) is 5.10 Å². The summed E-state index contributed by atoms with van der Waals surface area (Å²) in [5.74, 6) is 0.663. The van der Waals surface area contributed by atoms with E-state index in [4.69, 9.17) is 4.74 Å². The Kier molecular flexibility index (Phi) is 4.73. The Morgan fingerprint density at radius 3 is 2.90 bits per heavy atom. The first-order valence-electron chi connectivity index (χ1n) is 6.03. The lowest BCUT2D eigenvalue weighted by Gasteiger charge is -2.09. The third-order valence-electron chi connectivity index (χ3n) is 2.81. The number of nitro benzene ring substituents is 1. The summed E-state index contributed by atoms with van der Waals surface area (Å²) in [4.78, 5) is 10.3. The average Bonchev–Trinajstić information content (AvgIpc) is 2.84. The van der Waals surface area contributed by atoms with E-state index in [2.05, 4.69) is 21.0 Å². The molecule has 0 unspecified atom stereocenters. The van der Waals surface area contributed by atoms with Crippen molar-refractivity contribution in [3.05, 3.63) is 51.8 Å². The Morgan fingerprint density at radius 1 is 1.50 bits per heavy atom. The third-order valence-corrected chi connectivity index (χ3v) is 3.41. The van der Waals surface area contributed by atoms with E-state index < -0.39 is 4.92 Å². The van der Waals surface area contributed by atoms with Gasteiger partial charge in [-0.25, -0.2) is 0 Å². The highest BCUT2D eigenvalue weighted by Gasteiger charge is 2.11. The van der Waals surface area contributed by atoms with Gasteiger partial charge in [-0.15, -0.1) is 0 Å². The second-order valence-corrected chi connectivity index (χ2v) is 4.86. The van der Waals surface area contributed by atoms with E-state index in [1.165, 1.54) is 12.1 Å². The molecule has 0 spiro atoms. The van der Waals surface area contributed by atoms with Crippen LogP contribution in [0.15, 0.2) is 30.6 Å². The Balaban J connectivity index is 2.00. The van der Waals surface area contributed by atoms with Crippen molar-refractivity contribution in [1.82, 2.24) is 9.78 Å². The van der Waals surface area contributed by atoms with Crippen molar-refractivity contribution in [3.63, 3.8) is 0 Å². The largest absolute Gasteiger partial charge is 0.493 e. The van der Waals surface area contributed by atoms with Crippen LogP contribution in [-0.2, 0) is 18.8 Å². The number of hydrogen-bond acceptors (Lipinski definition) is 4. The number of non-ortho nitro benzene ring substituents is 1. The molecular formula is C13H14BrN3O3. The molecule has 0 amide bonds. The van der Waals surface area contributed by atoms with Crippen molar-refractivity contribution in [3.8, 4) is 5.75 Å². The van der Waals surface area contributed by atoms with Crippen LogP contribution in [0.4, 0.5) is 5.69 Å². The lowest BCUT2D eigenvalue weighted by molar-refractivity contribution is -0.384. The first-order chi connectivity index (χ1) is 9.60. The number of benzene rings is 1. The Bertz CT molecular complexity index is 613. The molecule has 0 bridgehead atoms. The number of ether oxygens (including phenoxy) is 1. The fourth-order valence-corrected chi connectivity index (χ4v) is 2.24. The molecule has 20 heavy (non-hydrogen) atoms. The lowest BCUT2D eigenvalue weighted by atomic mass is 10.2. The van der Waals surface area contributed by atoms with Crippen LogP contribution >= 0.6 is 15.9 Å². The number of aryl methyl sites for hydroxylation is 1. The maximum Gasteiger partial charge on any atom is 0.270 e. The first-order valence-corrected chi connectivity index (χ1v) is 7.16. The molecule has 0 aliphatic carbocycles. The van der Waals surface area contributed by atoms with E-state index in [9.17, 15) is 10.1 Å². The van der Waals surface area contributed by atoms with Crippen LogP contribution in [0.1, 0.15) is 11.1 Å². The third kappa shape index (κ3) is 3.57. The van der Waals surface area contributed by atoms with Gasteiger partial charge in [0.2, 0.25) is 0 Å². The molecule has 2 aromatic rings. The number of nitrogens with zero attached hydrogens (tertiary/aromatic N) is 3. The standard InChI is InChI=1S/C13H14BrN3O3/c1-16-9-10(8-15-16)4-5-20-13-3-2-12(17(18)19)6-11(13)7-14/h2-3,6,8-9H,4-5,7H2,1H3. The highest BCUT2D eigenvalue weighted by Crippen LogP contribution is 2.26. The van der Waals surface area contributed by atoms with Crippen LogP contribution in [0.5, 0.6) is 5.75 Å². The van der Waals surface area contributed by atoms with Crippen LogP contribution in [0, 0.1) is 10.1 Å². The van der Waals surface area contributed by atoms with E-state index in [1.807, 2.05) is 13.2 Å². The van der Waals surface area contributed by atoms with Crippen molar-refractivity contribution < 1.29 is 9.66 Å². The lowest BCUT2D eigenvalue weighted by Crippen LogP contribution is -2.03. The normalized spacial score (nSPS) is 10.5. The van der Waals surface area contributed by atoms with Gasteiger partial charge in [-0.3, -0.25) is 14.8 Å². The van der Waals surface area contributed by atoms with Crippen LogP contribution < -0.4 is 4.74 Å². The van der Waals surface area contributed by atoms with Gasteiger partial charge in [0.05, 0.1) is 17.7 Å². The molecule has 6 nitrogen and oxygen atoms in total. The topological polar surface area (TPSA) is 70.2 Å². The molecule has 1 heterocycles. The maximum atomic E-state index is 10.7. The van der Waals surface area contributed by atoms with Crippen molar-refractivity contribution in [2.75, 3.05) is 6.61 Å². The molecule has 7 heteroatoms. The summed E-state index contributed by atoms with van der Waals surface area (Å²) in [6, 6.07) is 4.61. The minimum Gasteiger partial charge on any atom is -0.493 e. The summed E-state index contributed by atoms with van der Waals surface area (Å²) in [6.07, 6.45) is 4.47. The second kappa shape index (κ2) is 6.51. The van der Waals surface area contributed by atoms with Crippen molar-refractivity contribution in [2.45, 2.75) is 11.8 Å². The second-order valence-electron chi connectivity index (χ2n) is 4.30. The molecule has 0 saturated heterocycles. The zero-order valence-electron chi connectivity index (χ0n) is 11.0. The van der Waals surface area contributed by atoms with E-state index in [0.29, 0.717) is 17.7 Å². The smallest absolute Gasteiger partial charge is 0.270 e. The Hall–Kier alpha value is -1.89. The van der Waals surface area contributed by atoms with Crippen molar-refractivity contribution in [2.24, 2.45) is 7.05 Å². The van der Waals surface area contributed by atoms with Gasteiger partial charge < -0.3 is 4.74 Å². The molecule has 0 N–H and O–H groups in total. The monoisotopic (exact) mass is 339 g/mol. The van der Waals surface area contributed by atoms with Gasteiger partial charge in [0.1, 0.15) is 5.75 Å². The zero-order chi connectivity index (χ0) is 14.5. The molecule has 0 aliphatic rings. The molecule has 0 saturated carbocycles. The summed E-state index contributed by atoms with van der Waals surface area (Å²) < 4.78 is 7.43. The summed E-state index contributed by atoms with van der Waals surface area (Å²) in [5, 5.41) is 15.3. The predicted molar refractivity (Wildman–Crippen MR) is 78.1 cm³/mol. The van der Waals surface area contributed by atoms with E-state index >= 15 is 0 Å². The van der Waals surface area contributed by atoms with Gasteiger partial charge in [0, 0.05) is 42.7 Å².